The monoisotopic (exact) mass is 495 g/mol. The Morgan fingerprint density at radius 1 is 0.970 bits per heavy atom. The molecule has 0 aliphatic rings. The van der Waals surface area contributed by atoms with Crippen LogP contribution in [0.2, 0.25) is 10.0 Å². The molecule has 4 rings (SSSR count). The maximum atomic E-state index is 12.3. The molecule has 0 bridgehead atoms. The van der Waals surface area contributed by atoms with Crippen LogP contribution in [0, 0.1) is 6.92 Å². The summed E-state index contributed by atoms with van der Waals surface area (Å²) in [4.78, 5) is 12.3. The number of aryl methyl sites for hydroxylation is 1. The minimum Gasteiger partial charge on any atom is -0.272 e. The largest absolute Gasteiger partial charge is 0.272 e. The zero-order valence-electron chi connectivity index (χ0n) is 17.6. The predicted molar refractivity (Wildman–Crippen MR) is 134 cm³/mol. The first-order chi connectivity index (χ1) is 16.0. The molecule has 0 atom stereocenters. The van der Waals surface area contributed by atoms with E-state index in [0.29, 0.717) is 21.0 Å². The van der Waals surface area contributed by atoms with Crippen LogP contribution in [0.25, 0.3) is 17.1 Å². The Bertz CT molecular complexity index is 1270. The van der Waals surface area contributed by atoms with E-state index >= 15 is 0 Å². The molecule has 0 radical (unpaired) electrons. The number of halogens is 2. The molecule has 3 aromatic carbocycles. The number of thioether (sulfide) groups is 1. The van der Waals surface area contributed by atoms with Crippen LogP contribution in [-0.2, 0) is 4.79 Å². The summed E-state index contributed by atoms with van der Waals surface area (Å²) >= 11 is 13.2. The smallest absolute Gasteiger partial charge is 0.250 e. The lowest BCUT2D eigenvalue weighted by Gasteiger charge is -2.10. The second-order valence-electron chi connectivity index (χ2n) is 7.12. The Kier molecular flexibility index (Phi) is 7.44. The molecule has 0 spiro atoms. The fourth-order valence-electron chi connectivity index (χ4n) is 2.97. The topological polar surface area (TPSA) is 72.2 Å². The lowest BCUT2D eigenvalue weighted by atomic mass is 10.2. The number of hydrogen-bond acceptors (Lipinski definition) is 5. The zero-order valence-corrected chi connectivity index (χ0v) is 19.9. The average molecular weight is 496 g/mol. The van der Waals surface area contributed by atoms with Crippen molar-refractivity contribution in [3.8, 4) is 17.1 Å². The molecule has 4 aromatic rings. The summed E-state index contributed by atoms with van der Waals surface area (Å²) < 4.78 is 1.93. The van der Waals surface area contributed by atoms with Crippen molar-refractivity contribution in [3.63, 3.8) is 0 Å². The predicted octanol–water partition coefficient (Wildman–Crippen LogP) is 5.79. The summed E-state index contributed by atoms with van der Waals surface area (Å²) in [6.07, 6.45) is 1.56. The van der Waals surface area contributed by atoms with Crippen LogP contribution < -0.4 is 5.43 Å². The van der Waals surface area contributed by atoms with Gasteiger partial charge in [0.05, 0.1) is 12.0 Å². The number of benzene rings is 3. The second-order valence-corrected chi connectivity index (χ2v) is 8.93. The van der Waals surface area contributed by atoms with Gasteiger partial charge in [-0.3, -0.25) is 9.36 Å². The first kappa shape index (κ1) is 23.0. The van der Waals surface area contributed by atoms with Gasteiger partial charge in [-0.2, -0.15) is 5.10 Å². The van der Waals surface area contributed by atoms with E-state index in [1.165, 1.54) is 11.8 Å². The Hall–Kier alpha value is -3.13. The molecule has 1 aromatic heterocycles. The van der Waals surface area contributed by atoms with Crippen molar-refractivity contribution in [3.05, 3.63) is 94.0 Å². The van der Waals surface area contributed by atoms with Gasteiger partial charge in [-0.1, -0.05) is 64.8 Å². The van der Waals surface area contributed by atoms with Crippen molar-refractivity contribution in [2.24, 2.45) is 5.10 Å². The van der Waals surface area contributed by atoms with Gasteiger partial charge in [0.25, 0.3) is 5.91 Å². The van der Waals surface area contributed by atoms with E-state index in [0.717, 1.165) is 22.4 Å². The molecule has 0 saturated heterocycles. The Labute approximate surface area is 205 Å². The molecule has 1 heterocycles. The maximum absolute atomic E-state index is 12.3. The fourth-order valence-corrected chi connectivity index (χ4v) is 3.96. The first-order valence-electron chi connectivity index (χ1n) is 9.98. The summed E-state index contributed by atoms with van der Waals surface area (Å²) in [5.41, 5.74) is 6.28. The van der Waals surface area contributed by atoms with Crippen LogP contribution in [0.15, 0.2) is 83.1 Å². The van der Waals surface area contributed by atoms with E-state index in [4.69, 9.17) is 23.2 Å². The summed E-state index contributed by atoms with van der Waals surface area (Å²) in [5.74, 6) is 0.540. The highest BCUT2D eigenvalue weighted by molar-refractivity contribution is 7.99. The molecule has 6 nitrogen and oxygen atoms in total. The average Bonchev–Trinajstić information content (AvgIpc) is 3.24. The highest BCUT2D eigenvalue weighted by Crippen LogP contribution is 2.28. The van der Waals surface area contributed by atoms with Gasteiger partial charge < -0.3 is 0 Å². The molecule has 1 N–H and O–H groups in total. The third-order valence-electron chi connectivity index (χ3n) is 4.63. The minimum atomic E-state index is -0.253. The molecule has 0 aliphatic heterocycles. The molecule has 0 fully saturated rings. The molecule has 33 heavy (non-hydrogen) atoms. The highest BCUT2D eigenvalue weighted by Gasteiger charge is 2.17. The van der Waals surface area contributed by atoms with Crippen LogP contribution in [0.4, 0.5) is 0 Å². The Morgan fingerprint density at radius 2 is 1.61 bits per heavy atom. The Balaban J connectivity index is 1.51. The summed E-state index contributed by atoms with van der Waals surface area (Å²) in [6, 6.07) is 22.6. The number of amides is 1. The number of carbonyl (C=O) groups excluding carboxylic acids is 1. The van der Waals surface area contributed by atoms with Crippen LogP contribution >= 0.6 is 35.0 Å². The SMILES string of the molecule is Cc1ccc(-n2c(SCC(=O)N/N=C/c3ccc(Cl)cc3)nnc2-c2ccc(Cl)cc2)cc1. The number of nitrogens with zero attached hydrogens (tertiary/aromatic N) is 4. The van der Waals surface area contributed by atoms with Crippen LogP contribution in [-0.4, -0.2) is 32.6 Å². The summed E-state index contributed by atoms with van der Waals surface area (Å²) in [7, 11) is 0. The van der Waals surface area contributed by atoms with Gasteiger partial charge >= 0.3 is 0 Å². The van der Waals surface area contributed by atoms with Crippen molar-refractivity contribution in [2.45, 2.75) is 12.1 Å². The van der Waals surface area contributed by atoms with E-state index in [1.807, 2.05) is 72.2 Å². The zero-order chi connectivity index (χ0) is 23.2. The van der Waals surface area contributed by atoms with Crippen molar-refractivity contribution < 1.29 is 4.79 Å². The van der Waals surface area contributed by atoms with E-state index < -0.39 is 0 Å². The minimum absolute atomic E-state index is 0.128. The van der Waals surface area contributed by atoms with Crippen molar-refractivity contribution in [1.29, 1.82) is 0 Å². The lowest BCUT2D eigenvalue weighted by molar-refractivity contribution is -0.118. The van der Waals surface area contributed by atoms with Crippen LogP contribution in [0.3, 0.4) is 0 Å². The Morgan fingerprint density at radius 3 is 2.27 bits per heavy atom. The third kappa shape index (κ3) is 6.01. The van der Waals surface area contributed by atoms with E-state index in [-0.39, 0.29) is 11.7 Å². The molecule has 9 heteroatoms. The molecule has 0 unspecified atom stereocenters. The lowest BCUT2D eigenvalue weighted by Crippen LogP contribution is -2.20. The van der Waals surface area contributed by atoms with Gasteiger partial charge in [0, 0.05) is 21.3 Å². The van der Waals surface area contributed by atoms with Gasteiger partial charge in [0.2, 0.25) is 0 Å². The van der Waals surface area contributed by atoms with Crippen molar-refractivity contribution >= 4 is 47.1 Å². The highest BCUT2D eigenvalue weighted by atomic mass is 35.5. The van der Waals surface area contributed by atoms with Gasteiger partial charge in [0.1, 0.15) is 0 Å². The number of rotatable bonds is 7. The first-order valence-corrected chi connectivity index (χ1v) is 11.7. The van der Waals surface area contributed by atoms with Crippen LogP contribution in [0.1, 0.15) is 11.1 Å². The quantitative estimate of drug-likeness (QED) is 0.200. The van der Waals surface area contributed by atoms with Gasteiger partial charge in [-0.15, -0.1) is 10.2 Å². The van der Waals surface area contributed by atoms with E-state index in [9.17, 15) is 4.79 Å². The molecule has 1 amide bonds. The van der Waals surface area contributed by atoms with Gasteiger partial charge in [-0.25, -0.2) is 5.43 Å². The number of hydrogen-bond donors (Lipinski definition) is 1. The summed E-state index contributed by atoms with van der Waals surface area (Å²) in [6.45, 7) is 2.03. The van der Waals surface area contributed by atoms with Crippen molar-refractivity contribution in [1.82, 2.24) is 20.2 Å². The van der Waals surface area contributed by atoms with E-state index in [2.05, 4.69) is 20.7 Å². The molecular formula is C24H19Cl2N5OS. The number of hydrazone groups is 1. The number of carbonyl (C=O) groups is 1. The number of aromatic nitrogens is 3. The molecular weight excluding hydrogens is 477 g/mol. The third-order valence-corrected chi connectivity index (χ3v) is 6.07. The van der Waals surface area contributed by atoms with Gasteiger partial charge in [0.15, 0.2) is 11.0 Å². The van der Waals surface area contributed by atoms with Gasteiger partial charge in [-0.05, 0) is 61.0 Å². The molecule has 0 aliphatic carbocycles. The molecule has 166 valence electrons. The maximum Gasteiger partial charge on any atom is 0.250 e. The normalized spacial score (nSPS) is 11.1. The second kappa shape index (κ2) is 10.7. The van der Waals surface area contributed by atoms with Crippen molar-refractivity contribution in [2.75, 3.05) is 5.75 Å². The molecule has 0 saturated carbocycles. The number of nitrogens with one attached hydrogen (secondary N) is 1. The summed E-state index contributed by atoms with van der Waals surface area (Å²) in [5, 5.41) is 14.6. The van der Waals surface area contributed by atoms with Crippen LogP contribution in [0.5, 0.6) is 0 Å². The standard InChI is InChI=1S/C24H19Cl2N5OS/c1-16-2-12-21(13-3-16)31-23(18-6-10-20(26)11-7-18)29-30-24(31)33-15-22(32)28-27-14-17-4-8-19(25)9-5-17/h2-14H,15H2,1H3,(H,28,32)/b27-14+. The fraction of sp³-hybridized carbons (Fsp3) is 0.0833. The van der Waals surface area contributed by atoms with E-state index in [1.54, 1.807) is 18.3 Å².